The summed E-state index contributed by atoms with van der Waals surface area (Å²) >= 11 is 0. The molecule has 1 aliphatic rings. The minimum absolute atomic E-state index is 0.0177. The lowest BCUT2D eigenvalue weighted by atomic mass is 10.1. The highest BCUT2D eigenvalue weighted by atomic mass is 16.4. The molecule has 0 amide bonds. The highest BCUT2D eigenvalue weighted by Crippen LogP contribution is 2.32. The van der Waals surface area contributed by atoms with Crippen LogP contribution in [-0.4, -0.2) is 16.0 Å². The molecule has 2 aromatic rings. The molecule has 0 atom stereocenters. The Kier molecular flexibility index (Phi) is 2.28. The van der Waals surface area contributed by atoms with Crippen molar-refractivity contribution in [3.8, 4) is 11.5 Å². The van der Waals surface area contributed by atoms with Gasteiger partial charge in [0, 0.05) is 11.5 Å². The third-order valence-corrected chi connectivity index (χ3v) is 2.88. The number of aromatic nitrogens is 2. The second-order valence-electron chi connectivity index (χ2n) is 4.42. The summed E-state index contributed by atoms with van der Waals surface area (Å²) in [4.78, 5) is 11.7. The lowest BCUT2D eigenvalue weighted by Gasteiger charge is -1.95. The Morgan fingerprint density at radius 2 is 1.94 bits per heavy atom. The van der Waals surface area contributed by atoms with Gasteiger partial charge in [-0.05, 0) is 31.9 Å². The SMILES string of the molecule is Cc1ccc(-c2nnc(C(=O)C3CC3)o2)cc1. The van der Waals surface area contributed by atoms with E-state index in [0.717, 1.165) is 18.4 Å². The van der Waals surface area contributed by atoms with Crippen LogP contribution in [0.5, 0.6) is 0 Å². The van der Waals surface area contributed by atoms with Gasteiger partial charge < -0.3 is 4.42 Å². The molecule has 0 radical (unpaired) electrons. The van der Waals surface area contributed by atoms with Gasteiger partial charge in [-0.3, -0.25) is 4.79 Å². The number of ketones is 1. The second kappa shape index (κ2) is 3.80. The predicted octanol–water partition coefficient (Wildman–Crippen LogP) is 2.64. The zero-order chi connectivity index (χ0) is 11.8. The summed E-state index contributed by atoms with van der Waals surface area (Å²) in [6, 6.07) is 7.77. The molecular formula is C13H12N2O2. The first-order chi connectivity index (χ1) is 8.24. The minimum Gasteiger partial charge on any atom is -0.414 e. The van der Waals surface area contributed by atoms with Gasteiger partial charge in [-0.25, -0.2) is 0 Å². The van der Waals surface area contributed by atoms with Crippen molar-refractivity contribution in [1.82, 2.24) is 10.2 Å². The fourth-order valence-corrected chi connectivity index (χ4v) is 1.66. The molecule has 1 fully saturated rings. The quantitative estimate of drug-likeness (QED) is 0.758. The monoisotopic (exact) mass is 228 g/mol. The molecule has 1 heterocycles. The van der Waals surface area contributed by atoms with Crippen LogP contribution in [0.2, 0.25) is 0 Å². The molecule has 1 saturated carbocycles. The van der Waals surface area contributed by atoms with Crippen molar-refractivity contribution in [2.45, 2.75) is 19.8 Å². The molecule has 4 heteroatoms. The van der Waals surface area contributed by atoms with Crippen molar-refractivity contribution in [3.63, 3.8) is 0 Å². The van der Waals surface area contributed by atoms with Crippen molar-refractivity contribution in [2.75, 3.05) is 0 Å². The normalized spacial score (nSPS) is 14.9. The Hall–Kier alpha value is -1.97. The van der Waals surface area contributed by atoms with Crippen LogP contribution in [0.15, 0.2) is 28.7 Å². The van der Waals surface area contributed by atoms with E-state index in [1.807, 2.05) is 31.2 Å². The maximum Gasteiger partial charge on any atom is 0.284 e. The first-order valence-corrected chi connectivity index (χ1v) is 5.69. The lowest BCUT2D eigenvalue weighted by molar-refractivity contribution is 0.0934. The molecule has 0 bridgehead atoms. The topological polar surface area (TPSA) is 56.0 Å². The van der Waals surface area contributed by atoms with Crippen LogP contribution < -0.4 is 0 Å². The van der Waals surface area contributed by atoms with Crippen molar-refractivity contribution in [2.24, 2.45) is 5.92 Å². The van der Waals surface area contributed by atoms with Crippen LogP contribution >= 0.6 is 0 Å². The number of hydrogen-bond acceptors (Lipinski definition) is 4. The summed E-state index contributed by atoms with van der Waals surface area (Å²) in [7, 11) is 0. The van der Waals surface area contributed by atoms with E-state index in [1.54, 1.807) is 0 Å². The van der Waals surface area contributed by atoms with Crippen LogP contribution in [0, 0.1) is 12.8 Å². The number of rotatable bonds is 3. The van der Waals surface area contributed by atoms with E-state index >= 15 is 0 Å². The number of aryl methyl sites for hydroxylation is 1. The molecule has 0 saturated heterocycles. The molecule has 1 aromatic heterocycles. The Morgan fingerprint density at radius 3 is 2.59 bits per heavy atom. The second-order valence-corrected chi connectivity index (χ2v) is 4.42. The van der Waals surface area contributed by atoms with Gasteiger partial charge in [-0.1, -0.05) is 17.7 Å². The minimum atomic E-state index is -0.0177. The summed E-state index contributed by atoms with van der Waals surface area (Å²) in [5.74, 6) is 0.647. The summed E-state index contributed by atoms with van der Waals surface area (Å²) in [5.41, 5.74) is 2.01. The smallest absolute Gasteiger partial charge is 0.284 e. The molecule has 3 rings (SSSR count). The van der Waals surface area contributed by atoms with E-state index in [0.29, 0.717) is 5.89 Å². The fraction of sp³-hybridized carbons (Fsp3) is 0.308. The van der Waals surface area contributed by atoms with Crippen LogP contribution in [0.25, 0.3) is 11.5 Å². The number of nitrogens with zero attached hydrogens (tertiary/aromatic N) is 2. The number of Topliss-reactive ketones (excluding diaryl/α,β-unsaturated/α-hetero) is 1. The van der Waals surface area contributed by atoms with Gasteiger partial charge in [0.1, 0.15) is 0 Å². The van der Waals surface area contributed by atoms with Crippen LogP contribution in [0.3, 0.4) is 0 Å². The summed E-state index contributed by atoms with van der Waals surface area (Å²) in [6.45, 7) is 2.01. The number of benzene rings is 1. The van der Waals surface area contributed by atoms with Crippen molar-refractivity contribution in [1.29, 1.82) is 0 Å². The fourth-order valence-electron chi connectivity index (χ4n) is 1.66. The Balaban J connectivity index is 1.88. The van der Waals surface area contributed by atoms with Crippen LogP contribution in [0.4, 0.5) is 0 Å². The Morgan fingerprint density at radius 1 is 1.24 bits per heavy atom. The van der Waals surface area contributed by atoms with Gasteiger partial charge in [-0.15, -0.1) is 10.2 Å². The molecule has 0 N–H and O–H groups in total. The summed E-state index contributed by atoms with van der Waals surface area (Å²) < 4.78 is 5.40. The van der Waals surface area contributed by atoms with Gasteiger partial charge in [-0.2, -0.15) is 0 Å². The molecule has 0 aliphatic heterocycles. The molecule has 17 heavy (non-hydrogen) atoms. The van der Waals surface area contributed by atoms with Gasteiger partial charge in [0.25, 0.3) is 5.89 Å². The third kappa shape index (κ3) is 1.98. The predicted molar refractivity (Wildman–Crippen MR) is 61.5 cm³/mol. The highest BCUT2D eigenvalue weighted by molar-refractivity contribution is 5.95. The third-order valence-electron chi connectivity index (χ3n) is 2.88. The summed E-state index contributed by atoms with van der Waals surface area (Å²) in [6.07, 6.45) is 1.89. The molecule has 0 unspecified atom stereocenters. The van der Waals surface area contributed by atoms with Gasteiger partial charge in [0.2, 0.25) is 11.7 Å². The molecular weight excluding hydrogens is 216 g/mol. The van der Waals surface area contributed by atoms with E-state index in [9.17, 15) is 4.79 Å². The van der Waals surface area contributed by atoms with Gasteiger partial charge in [0.15, 0.2) is 0 Å². The molecule has 1 aliphatic carbocycles. The zero-order valence-corrected chi connectivity index (χ0v) is 9.51. The first kappa shape index (κ1) is 10.2. The number of carbonyl (C=O) groups excluding carboxylic acids is 1. The van der Waals surface area contributed by atoms with Crippen molar-refractivity contribution in [3.05, 3.63) is 35.7 Å². The standard InChI is InChI=1S/C13H12N2O2/c1-8-2-4-10(5-3-8)12-14-15-13(17-12)11(16)9-6-7-9/h2-5,9H,6-7H2,1H3. The molecule has 0 spiro atoms. The highest BCUT2D eigenvalue weighted by Gasteiger charge is 2.34. The van der Waals surface area contributed by atoms with E-state index in [4.69, 9.17) is 4.42 Å². The average molecular weight is 228 g/mol. The molecule has 86 valence electrons. The van der Waals surface area contributed by atoms with E-state index in [1.165, 1.54) is 5.56 Å². The van der Waals surface area contributed by atoms with E-state index < -0.39 is 0 Å². The van der Waals surface area contributed by atoms with Crippen molar-refractivity contribution < 1.29 is 9.21 Å². The maximum atomic E-state index is 11.7. The molecule has 1 aromatic carbocycles. The van der Waals surface area contributed by atoms with E-state index in [-0.39, 0.29) is 17.6 Å². The first-order valence-electron chi connectivity index (χ1n) is 5.69. The zero-order valence-electron chi connectivity index (χ0n) is 9.51. The average Bonchev–Trinajstić information content (AvgIpc) is 3.07. The number of hydrogen-bond donors (Lipinski definition) is 0. The van der Waals surface area contributed by atoms with E-state index in [2.05, 4.69) is 10.2 Å². The van der Waals surface area contributed by atoms with Gasteiger partial charge >= 0.3 is 0 Å². The van der Waals surface area contributed by atoms with Crippen LogP contribution in [0.1, 0.15) is 29.1 Å². The van der Waals surface area contributed by atoms with Crippen LogP contribution in [-0.2, 0) is 0 Å². The maximum absolute atomic E-state index is 11.7. The molecule has 4 nitrogen and oxygen atoms in total. The summed E-state index contributed by atoms with van der Waals surface area (Å²) in [5, 5.41) is 7.72. The Bertz CT molecular complexity index is 553. The Labute approximate surface area is 98.7 Å². The van der Waals surface area contributed by atoms with Gasteiger partial charge in [0.05, 0.1) is 0 Å². The number of carbonyl (C=O) groups is 1. The van der Waals surface area contributed by atoms with Crippen molar-refractivity contribution >= 4 is 5.78 Å². The largest absolute Gasteiger partial charge is 0.414 e. The lowest BCUT2D eigenvalue weighted by Crippen LogP contribution is -2.01.